The van der Waals surface area contributed by atoms with Crippen LogP contribution in [0.2, 0.25) is 0 Å². The van der Waals surface area contributed by atoms with E-state index < -0.39 is 21.9 Å². The number of sulfonamides is 1. The van der Waals surface area contributed by atoms with E-state index in [1.807, 2.05) is 0 Å². The van der Waals surface area contributed by atoms with Crippen molar-refractivity contribution in [3.8, 4) is 0 Å². The molecule has 0 radical (unpaired) electrons. The van der Waals surface area contributed by atoms with E-state index in [0.29, 0.717) is 25.1 Å². The number of halogens is 2. The first-order valence-electron chi connectivity index (χ1n) is 8.43. The molecule has 0 aromatic heterocycles. The molecule has 0 bridgehead atoms. The van der Waals surface area contributed by atoms with Crippen LogP contribution in [-0.2, 0) is 19.6 Å². The Balaban J connectivity index is 0.00000280. The average molecular weight is 430 g/mol. The molecule has 4 N–H and O–H groups in total. The third-order valence-electron chi connectivity index (χ3n) is 4.22. The number of para-hydroxylation sites is 2. The Bertz CT molecular complexity index is 925. The lowest BCUT2D eigenvalue weighted by Gasteiger charge is -2.16. The lowest BCUT2D eigenvalue weighted by molar-refractivity contribution is -0.126. The zero-order valence-corrected chi connectivity index (χ0v) is 16.4. The van der Waals surface area contributed by atoms with Crippen molar-refractivity contribution in [2.24, 2.45) is 5.73 Å². The van der Waals surface area contributed by atoms with Crippen LogP contribution in [0.1, 0.15) is 12.8 Å². The highest BCUT2D eigenvalue weighted by Crippen LogP contribution is 2.26. The molecular weight excluding hydrogens is 409 g/mol. The summed E-state index contributed by atoms with van der Waals surface area (Å²) in [5, 5.41) is 2.69. The van der Waals surface area contributed by atoms with Crippen LogP contribution in [0.3, 0.4) is 0 Å². The second-order valence-corrected chi connectivity index (χ2v) is 7.84. The smallest absolute Gasteiger partial charge is 0.261 e. The summed E-state index contributed by atoms with van der Waals surface area (Å²) in [7, 11) is -3.94. The minimum atomic E-state index is -3.94. The molecule has 2 aromatic carbocycles. The normalized spacial score (nSPS) is 18.9. The molecule has 0 spiro atoms. The second kappa shape index (κ2) is 9.33. The molecule has 1 fully saturated rings. The van der Waals surface area contributed by atoms with Crippen molar-refractivity contribution >= 4 is 39.7 Å². The maximum absolute atomic E-state index is 13.0. The summed E-state index contributed by atoms with van der Waals surface area (Å²) in [4.78, 5) is 12.3. The minimum absolute atomic E-state index is 0. The largest absolute Gasteiger partial charge is 0.364 e. The van der Waals surface area contributed by atoms with E-state index in [1.165, 1.54) is 6.07 Å². The first kappa shape index (κ1) is 22.1. The molecule has 1 heterocycles. The second-order valence-electron chi connectivity index (χ2n) is 6.15. The molecule has 2 aromatic rings. The van der Waals surface area contributed by atoms with Gasteiger partial charge in [-0.15, -0.1) is 12.4 Å². The highest BCUT2D eigenvalue weighted by molar-refractivity contribution is 7.92. The van der Waals surface area contributed by atoms with Gasteiger partial charge in [0.15, 0.2) is 0 Å². The average Bonchev–Trinajstić information content (AvgIpc) is 3.13. The maximum atomic E-state index is 13.0. The van der Waals surface area contributed by atoms with Gasteiger partial charge in [0.05, 0.1) is 22.4 Å². The first-order chi connectivity index (χ1) is 12.9. The molecule has 0 unspecified atom stereocenters. The number of hydrogen-bond donors (Lipinski definition) is 3. The lowest BCUT2D eigenvalue weighted by atomic mass is 10.2. The summed E-state index contributed by atoms with van der Waals surface area (Å²) in [6, 6.07) is 10.9. The lowest BCUT2D eigenvalue weighted by Crippen LogP contribution is -2.30. The SMILES string of the molecule is Cl.NC[C@H]1CC[C@@H](C(=O)Nc2ccccc2NS(=O)(=O)c2ccc(F)cc2)O1. The summed E-state index contributed by atoms with van der Waals surface area (Å²) in [6.45, 7) is 0.345. The molecule has 1 aliphatic heterocycles. The number of rotatable bonds is 6. The van der Waals surface area contributed by atoms with Crippen LogP contribution in [0.5, 0.6) is 0 Å². The molecule has 0 saturated carbocycles. The van der Waals surface area contributed by atoms with Crippen LogP contribution >= 0.6 is 12.4 Å². The van der Waals surface area contributed by atoms with Crippen molar-refractivity contribution in [3.05, 3.63) is 54.3 Å². The third-order valence-corrected chi connectivity index (χ3v) is 5.60. The van der Waals surface area contributed by atoms with Crippen LogP contribution in [0.4, 0.5) is 15.8 Å². The number of hydrogen-bond acceptors (Lipinski definition) is 5. The van der Waals surface area contributed by atoms with Crippen LogP contribution in [0, 0.1) is 5.82 Å². The number of nitrogens with two attached hydrogens (primary N) is 1. The van der Waals surface area contributed by atoms with Gasteiger partial charge in [0, 0.05) is 6.54 Å². The van der Waals surface area contributed by atoms with Gasteiger partial charge in [-0.3, -0.25) is 9.52 Å². The van der Waals surface area contributed by atoms with Crippen molar-refractivity contribution in [2.75, 3.05) is 16.6 Å². The van der Waals surface area contributed by atoms with Gasteiger partial charge in [0.25, 0.3) is 15.9 Å². The molecule has 0 aliphatic carbocycles. The number of anilines is 2. The Hall–Kier alpha value is -2.20. The Morgan fingerprint density at radius 1 is 1.11 bits per heavy atom. The molecule has 152 valence electrons. The Morgan fingerprint density at radius 2 is 1.75 bits per heavy atom. The quantitative estimate of drug-likeness (QED) is 0.653. The van der Waals surface area contributed by atoms with Gasteiger partial charge in [-0.25, -0.2) is 12.8 Å². The van der Waals surface area contributed by atoms with Gasteiger partial charge in [-0.2, -0.15) is 0 Å². The minimum Gasteiger partial charge on any atom is -0.364 e. The van der Waals surface area contributed by atoms with Crippen LogP contribution in [0.25, 0.3) is 0 Å². The van der Waals surface area contributed by atoms with E-state index >= 15 is 0 Å². The van der Waals surface area contributed by atoms with Gasteiger partial charge >= 0.3 is 0 Å². The molecule has 1 aliphatic rings. The molecular formula is C18H21ClFN3O4S. The zero-order chi connectivity index (χ0) is 19.4. The van der Waals surface area contributed by atoms with E-state index in [0.717, 1.165) is 24.3 Å². The Morgan fingerprint density at radius 3 is 2.36 bits per heavy atom. The summed E-state index contributed by atoms with van der Waals surface area (Å²) in [5.74, 6) is -0.895. The molecule has 2 atom stereocenters. The fourth-order valence-electron chi connectivity index (χ4n) is 2.78. The first-order valence-corrected chi connectivity index (χ1v) is 9.91. The molecule has 28 heavy (non-hydrogen) atoms. The summed E-state index contributed by atoms with van der Waals surface area (Å²) >= 11 is 0. The topological polar surface area (TPSA) is 111 Å². The summed E-state index contributed by atoms with van der Waals surface area (Å²) in [6.07, 6.45) is 0.484. The van der Waals surface area contributed by atoms with Gasteiger partial charge < -0.3 is 15.8 Å². The summed E-state index contributed by atoms with van der Waals surface area (Å²) in [5.41, 5.74) is 6.05. The van der Waals surface area contributed by atoms with Gasteiger partial charge in [0.1, 0.15) is 11.9 Å². The fourth-order valence-corrected chi connectivity index (χ4v) is 3.86. The van der Waals surface area contributed by atoms with Gasteiger partial charge in [-0.1, -0.05) is 12.1 Å². The van der Waals surface area contributed by atoms with Crippen molar-refractivity contribution in [3.63, 3.8) is 0 Å². The van der Waals surface area contributed by atoms with E-state index in [9.17, 15) is 17.6 Å². The van der Waals surface area contributed by atoms with E-state index in [1.54, 1.807) is 18.2 Å². The van der Waals surface area contributed by atoms with Crippen LogP contribution < -0.4 is 15.8 Å². The maximum Gasteiger partial charge on any atom is 0.261 e. The number of carbonyl (C=O) groups excluding carboxylic acids is 1. The molecule has 1 saturated heterocycles. The zero-order valence-electron chi connectivity index (χ0n) is 14.8. The highest BCUT2D eigenvalue weighted by Gasteiger charge is 2.30. The molecule has 10 heteroatoms. The number of amides is 1. The standard InChI is InChI=1S/C18H20FN3O4S.ClH/c19-12-5-8-14(9-6-12)27(24,25)22-16-4-2-1-3-15(16)21-18(23)17-10-7-13(11-20)26-17;/h1-6,8-9,13,17,22H,7,10-11,20H2,(H,21,23);1H/t13-,17+;/m1./s1. The number of nitrogens with one attached hydrogen (secondary N) is 2. The van der Waals surface area contributed by atoms with E-state index in [4.69, 9.17) is 10.5 Å². The Kier molecular flexibility index (Phi) is 7.36. The van der Waals surface area contributed by atoms with Crippen molar-refractivity contribution in [1.82, 2.24) is 0 Å². The predicted octanol–water partition coefficient (Wildman–Crippen LogP) is 2.49. The van der Waals surface area contributed by atoms with Crippen LogP contribution in [0.15, 0.2) is 53.4 Å². The highest BCUT2D eigenvalue weighted by atomic mass is 35.5. The Labute approximate surface area is 168 Å². The van der Waals surface area contributed by atoms with Gasteiger partial charge in [-0.05, 0) is 49.2 Å². The third kappa shape index (κ3) is 5.20. The molecule has 7 nitrogen and oxygen atoms in total. The number of carbonyl (C=O) groups is 1. The van der Waals surface area contributed by atoms with E-state index in [2.05, 4.69) is 10.0 Å². The summed E-state index contributed by atoms with van der Waals surface area (Å²) < 4.78 is 46.0. The van der Waals surface area contributed by atoms with Crippen molar-refractivity contribution in [1.29, 1.82) is 0 Å². The number of ether oxygens (including phenoxy) is 1. The van der Waals surface area contributed by atoms with Crippen molar-refractivity contribution < 1.29 is 22.3 Å². The molecule has 1 amide bonds. The van der Waals surface area contributed by atoms with Gasteiger partial charge in [0.2, 0.25) is 0 Å². The van der Waals surface area contributed by atoms with Crippen molar-refractivity contribution in [2.45, 2.75) is 29.9 Å². The number of benzene rings is 2. The predicted molar refractivity (Wildman–Crippen MR) is 106 cm³/mol. The van der Waals surface area contributed by atoms with E-state index in [-0.39, 0.29) is 35.0 Å². The monoisotopic (exact) mass is 429 g/mol. The fraction of sp³-hybridized carbons (Fsp3) is 0.278. The molecule has 3 rings (SSSR count). The van der Waals surface area contributed by atoms with Crippen LogP contribution in [-0.4, -0.2) is 33.1 Å².